The minimum atomic E-state index is -0.918. The Morgan fingerprint density at radius 2 is 2.06 bits per heavy atom. The van der Waals surface area contributed by atoms with Crippen LogP contribution in [0.3, 0.4) is 0 Å². The first-order valence-electron chi connectivity index (χ1n) is 6.46. The molecule has 0 saturated carbocycles. The molecule has 1 fully saturated rings. The van der Waals surface area contributed by atoms with Crippen LogP contribution in [0.25, 0.3) is 0 Å². The molecule has 1 aliphatic rings. The predicted molar refractivity (Wildman–Crippen MR) is 67.9 cm³/mol. The van der Waals surface area contributed by atoms with E-state index >= 15 is 0 Å². The second kappa shape index (κ2) is 6.70. The first-order chi connectivity index (χ1) is 8.53. The van der Waals surface area contributed by atoms with E-state index in [9.17, 15) is 9.59 Å². The number of rotatable bonds is 6. The fourth-order valence-corrected chi connectivity index (χ4v) is 1.95. The maximum atomic E-state index is 11.8. The number of nitrogens with one attached hydrogen (secondary N) is 1. The Hall–Kier alpha value is -1.14. The average Bonchev–Trinajstić information content (AvgIpc) is 2.79. The maximum Gasteiger partial charge on any atom is 0.242 e. The molecule has 1 aliphatic heterocycles. The average molecular weight is 257 g/mol. The van der Waals surface area contributed by atoms with E-state index in [1.165, 1.54) is 0 Å². The summed E-state index contributed by atoms with van der Waals surface area (Å²) < 4.78 is 5.12. The summed E-state index contributed by atoms with van der Waals surface area (Å²) in [6.45, 7) is 6.35. The van der Waals surface area contributed by atoms with E-state index in [0.717, 1.165) is 0 Å². The molecule has 3 N–H and O–H groups in total. The first-order valence-corrected chi connectivity index (χ1v) is 6.46. The van der Waals surface area contributed by atoms with Gasteiger partial charge in [-0.1, -0.05) is 0 Å². The van der Waals surface area contributed by atoms with Gasteiger partial charge in [0.25, 0.3) is 0 Å². The molecular formula is C12H23N3O3. The molecule has 1 atom stereocenters. The predicted octanol–water partition coefficient (Wildman–Crippen LogP) is -0.521. The minimum Gasteiger partial charge on any atom is -0.379 e. The number of nitrogens with two attached hydrogens (primary N) is 1. The maximum absolute atomic E-state index is 11.8. The molecule has 0 aliphatic carbocycles. The number of carbonyl (C=O) groups is 2. The van der Waals surface area contributed by atoms with Crippen LogP contribution >= 0.6 is 0 Å². The van der Waals surface area contributed by atoms with Crippen LogP contribution in [0.15, 0.2) is 0 Å². The van der Waals surface area contributed by atoms with E-state index < -0.39 is 5.54 Å². The monoisotopic (exact) mass is 257 g/mol. The number of carbonyl (C=O) groups excluding carboxylic acids is 2. The van der Waals surface area contributed by atoms with Crippen molar-refractivity contribution in [2.24, 2.45) is 5.73 Å². The Morgan fingerprint density at radius 1 is 1.39 bits per heavy atom. The van der Waals surface area contributed by atoms with Gasteiger partial charge in [-0.25, -0.2) is 0 Å². The highest BCUT2D eigenvalue weighted by Gasteiger charge is 2.37. The molecule has 2 amide bonds. The van der Waals surface area contributed by atoms with Crippen LogP contribution in [-0.2, 0) is 14.3 Å². The summed E-state index contributed by atoms with van der Waals surface area (Å²) in [4.78, 5) is 25.3. The Labute approximate surface area is 108 Å². The molecule has 6 heteroatoms. The van der Waals surface area contributed by atoms with Crippen LogP contribution in [0.2, 0.25) is 0 Å². The van der Waals surface area contributed by atoms with E-state index in [0.29, 0.717) is 39.1 Å². The molecule has 0 spiro atoms. The van der Waals surface area contributed by atoms with Gasteiger partial charge < -0.3 is 20.7 Å². The van der Waals surface area contributed by atoms with Crippen molar-refractivity contribution in [1.82, 2.24) is 10.2 Å². The van der Waals surface area contributed by atoms with Crippen LogP contribution in [-0.4, -0.2) is 55.1 Å². The Bertz CT molecular complexity index is 297. The molecule has 0 aromatic rings. The molecular weight excluding hydrogens is 234 g/mol. The van der Waals surface area contributed by atoms with Crippen LogP contribution in [0.1, 0.15) is 26.7 Å². The highest BCUT2D eigenvalue weighted by molar-refractivity contribution is 5.87. The van der Waals surface area contributed by atoms with E-state index in [1.54, 1.807) is 4.90 Å². The third-order valence-electron chi connectivity index (χ3n) is 3.24. The van der Waals surface area contributed by atoms with Crippen LogP contribution in [0.5, 0.6) is 0 Å². The molecule has 0 bridgehead atoms. The first kappa shape index (κ1) is 14.9. The smallest absolute Gasteiger partial charge is 0.242 e. The highest BCUT2D eigenvalue weighted by atomic mass is 16.5. The standard InChI is InChI=1S/C12H23N3O3/c1-3-15(4-2)10(16)5-7-14-11(17)12(13)6-8-18-9-12/h3-9,13H2,1-2H3,(H,14,17). The summed E-state index contributed by atoms with van der Waals surface area (Å²) in [5.74, 6) is -0.179. The zero-order valence-corrected chi connectivity index (χ0v) is 11.2. The molecule has 0 aromatic heterocycles. The van der Waals surface area contributed by atoms with E-state index in [1.807, 2.05) is 13.8 Å². The van der Waals surface area contributed by atoms with Gasteiger partial charge in [0.1, 0.15) is 5.54 Å². The minimum absolute atomic E-state index is 0.0500. The second-order valence-electron chi connectivity index (χ2n) is 4.53. The third kappa shape index (κ3) is 3.68. The van der Waals surface area contributed by atoms with Gasteiger partial charge in [0.15, 0.2) is 0 Å². The van der Waals surface area contributed by atoms with Crippen molar-refractivity contribution >= 4 is 11.8 Å². The molecule has 104 valence electrons. The normalized spacial score (nSPS) is 22.8. The number of amides is 2. The largest absolute Gasteiger partial charge is 0.379 e. The summed E-state index contributed by atoms with van der Waals surface area (Å²) in [6.07, 6.45) is 0.840. The summed E-state index contributed by atoms with van der Waals surface area (Å²) >= 11 is 0. The van der Waals surface area contributed by atoms with Gasteiger partial charge in [-0.2, -0.15) is 0 Å². The van der Waals surface area contributed by atoms with Crippen LogP contribution in [0.4, 0.5) is 0 Å². The van der Waals surface area contributed by atoms with Crippen molar-refractivity contribution in [2.45, 2.75) is 32.2 Å². The molecule has 0 radical (unpaired) electrons. The fraction of sp³-hybridized carbons (Fsp3) is 0.833. The van der Waals surface area contributed by atoms with Gasteiger partial charge in [-0.05, 0) is 20.3 Å². The number of hydrogen-bond donors (Lipinski definition) is 2. The molecule has 18 heavy (non-hydrogen) atoms. The SMILES string of the molecule is CCN(CC)C(=O)CCNC(=O)C1(N)CCOC1. The van der Waals surface area contributed by atoms with Crippen molar-refractivity contribution < 1.29 is 14.3 Å². The van der Waals surface area contributed by atoms with Gasteiger partial charge >= 0.3 is 0 Å². The summed E-state index contributed by atoms with van der Waals surface area (Å²) in [6, 6.07) is 0. The van der Waals surface area contributed by atoms with Crippen molar-refractivity contribution in [3.8, 4) is 0 Å². The third-order valence-corrected chi connectivity index (χ3v) is 3.24. The van der Waals surface area contributed by atoms with E-state index in [2.05, 4.69) is 5.32 Å². The molecule has 6 nitrogen and oxygen atoms in total. The van der Waals surface area contributed by atoms with E-state index in [-0.39, 0.29) is 18.4 Å². The molecule has 1 heterocycles. The molecule has 0 aromatic carbocycles. The molecule has 1 saturated heterocycles. The van der Waals surface area contributed by atoms with Crippen LogP contribution < -0.4 is 11.1 Å². The number of nitrogens with zero attached hydrogens (tertiary/aromatic N) is 1. The number of ether oxygens (including phenoxy) is 1. The van der Waals surface area contributed by atoms with Gasteiger partial charge in [0.2, 0.25) is 11.8 Å². The lowest BCUT2D eigenvalue weighted by molar-refractivity contribution is -0.131. The fourth-order valence-electron chi connectivity index (χ4n) is 1.95. The van der Waals surface area contributed by atoms with Gasteiger partial charge in [0, 0.05) is 32.7 Å². The lowest BCUT2D eigenvalue weighted by Gasteiger charge is -2.22. The van der Waals surface area contributed by atoms with Crippen molar-refractivity contribution in [3.05, 3.63) is 0 Å². The van der Waals surface area contributed by atoms with Crippen molar-refractivity contribution in [2.75, 3.05) is 32.8 Å². The van der Waals surface area contributed by atoms with Crippen molar-refractivity contribution in [3.63, 3.8) is 0 Å². The van der Waals surface area contributed by atoms with Gasteiger partial charge in [-0.15, -0.1) is 0 Å². The topological polar surface area (TPSA) is 84.7 Å². The van der Waals surface area contributed by atoms with Gasteiger partial charge in [0.05, 0.1) is 6.61 Å². The Balaban J connectivity index is 2.29. The Kier molecular flexibility index (Phi) is 5.55. The number of hydrogen-bond acceptors (Lipinski definition) is 4. The molecule has 1 rings (SSSR count). The summed E-state index contributed by atoms with van der Waals surface area (Å²) in [7, 11) is 0. The zero-order valence-electron chi connectivity index (χ0n) is 11.2. The lowest BCUT2D eigenvalue weighted by atomic mass is 9.99. The quantitative estimate of drug-likeness (QED) is 0.670. The molecule has 1 unspecified atom stereocenters. The van der Waals surface area contributed by atoms with Crippen molar-refractivity contribution in [1.29, 1.82) is 0 Å². The lowest BCUT2D eigenvalue weighted by Crippen LogP contribution is -2.54. The highest BCUT2D eigenvalue weighted by Crippen LogP contribution is 2.15. The summed E-state index contributed by atoms with van der Waals surface area (Å²) in [5, 5.41) is 2.71. The van der Waals surface area contributed by atoms with Crippen LogP contribution in [0, 0.1) is 0 Å². The van der Waals surface area contributed by atoms with E-state index in [4.69, 9.17) is 10.5 Å². The Morgan fingerprint density at radius 3 is 2.56 bits per heavy atom. The summed E-state index contributed by atoms with van der Waals surface area (Å²) in [5.41, 5.74) is 4.98. The zero-order chi connectivity index (χ0) is 13.6. The van der Waals surface area contributed by atoms with Gasteiger partial charge in [-0.3, -0.25) is 9.59 Å². The second-order valence-corrected chi connectivity index (χ2v) is 4.53.